The number of pyridine rings is 1. The first-order valence-electron chi connectivity index (χ1n) is 12.3. The van der Waals surface area contributed by atoms with Crippen molar-refractivity contribution in [3.63, 3.8) is 0 Å². The van der Waals surface area contributed by atoms with Gasteiger partial charge in [0.2, 0.25) is 0 Å². The highest BCUT2D eigenvalue weighted by molar-refractivity contribution is 8.02. The molecule has 11 nitrogen and oxygen atoms in total. The van der Waals surface area contributed by atoms with E-state index in [-0.39, 0.29) is 34.5 Å². The van der Waals surface area contributed by atoms with Crippen LogP contribution in [-0.4, -0.2) is 69.7 Å². The van der Waals surface area contributed by atoms with Gasteiger partial charge in [0.05, 0.1) is 16.7 Å². The minimum absolute atomic E-state index is 0.0325. The molecule has 0 radical (unpaired) electrons. The predicted octanol–water partition coefficient (Wildman–Crippen LogP) is 4.49. The number of nitrogens with one attached hydrogen (secondary N) is 1. The van der Waals surface area contributed by atoms with Crippen molar-refractivity contribution in [3.8, 4) is 11.5 Å². The molecule has 0 unspecified atom stereocenters. The molecule has 5 rings (SSSR count). The summed E-state index contributed by atoms with van der Waals surface area (Å²) in [5.74, 6) is -0.329. The second kappa shape index (κ2) is 12.7. The number of aromatic nitrogens is 4. The fourth-order valence-corrected chi connectivity index (χ4v) is 7.47. The number of hydrogen-bond acceptors (Lipinski definition) is 10. The standard InChI is InChI=1S/C24H23Cl2F2N5O6S2/c25-16-9-29-10-17(26)15(16)8-19(14-3-4-18(39-23(27)28)20(7-14)37-11-13-1-2-13)38-22(34)21-33(5-6-40-21)41(35,36)24-30-12-31-32-24/h3-4,7,9-10,12-13,19,21,23H,1-2,5-6,8,11H2,(H,30,31,32)/t19-,21-/m0/s1. The number of esters is 1. The van der Waals surface area contributed by atoms with Gasteiger partial charge in [-0.05, 0) is 42.0 Å². The van der Waals surface area contributed by atoms with Gasteiger partial charge < -0.3 is 14.2 Å². The predicted molar refractivity (Wildman–Crippen MR) is 145 cm³/mol. The van der Waals surface area contributed by atoms with Gasteiger partial charge in [0.15, 0.2) is 16.9 Å². The quantitative estimate of drug-likeness (QED) is 0.279. The maximum absolute atomic E-state index is 13.5. The van der Waals surface area contributed by atoms with Crippen LogP contribution >= 0.6 is 35.0 Å². The van der Waals surface area contributed by atoms with Gasteiger partial charge >= 0.3 is 12.6 Å². The molecule has 17 heteroatoms. The van der Waals surface area contributed by atoms with E-state index in [4.69, 9.17) is 32.7 Å². The van der Waals surface area contributed by atoms with E-state index in [1.54, 1.807) is 0 Å². The van der Waals surface area contributed by atoms with Crippen LogP contribution in [0.2, 0.25) is 10.0 Å². The normalized spacial score (nSPS) is 18.4. The number of carbonyl (C=O) groups is 1. The molecule has 1 aromatic carbocycles. The maximum Gasteiger partial charge on any atom is 0.387 e. The first-order valence-corrected chi connectivity index (χ1v) is 15.6. The van der Waals surface area contributed by atoms with E-state index < -0.39 is 39.2 Å². The SMILES string of the molecule is O=C(O[C@@H](Cc1c(Cl)cncc1Cl)c1ccc(OC(F)F)c(OCC2CC2)c1)[C@@H]1SCCN1S(=O)(=O)c1ncn[nH]1. The van der Waals surface area contributed by atoms with Gasteiger partial charge in [-0.25, -0.2) is 23.3 Å². The number of sulfonamides is 1. The number of halogens is 4. The van der Waals surface area contributed by atoms with Gasteiger partial charge in [-0.15, -0.1) is 11.8 Å². The summed E-state index contributed by atoms with van der Waals surface area (Å²) in [6.07, 6.45) is 4.64. The molecule has 2 aliphatic rings. The largest absolute Gasteiger partial charge is 0.489 e. The van der Waals surface area contributed by atoms with Crippen molar-refractivity contribution < 1.29 is 36.2 Å². The summed E-state index contributed by atoms with van der Waals surface area (Å²) in [7, 11) is -4.17. The van der Waals surface area contributed by atoms with Crippen molar-refractivity contribution in [3.05, 3.63) is 58.1 Å². The second-order valence-corrected chi connectivity index (χ2v) is 13.0. The lowest BCUT2D eigenvalue weighted by atomic mass is 10.0. The zero-order chi connectivity index (χ0) is 29.1. The summed E-state index contributed by atoms with van der Waals surface area (Å²) in [6, 6.07) is 4.20. The topological polar surface area (TPSA) is 137 Å². The lowest BCUT2D eigenvalue weighted by molar-refractivity contribution is -0.150. The van der Waals surface area contributed by atoms with E-state index in [1.807, 2.05) is 0 Å². The third-order valence-corrected chi connectivity index (χ3v) is 9.99. The number of H-pyrrole nitrogens is 1. The Bertz CT molecular complexity index is 1480. The third kappa shape index (κ3) is 7.02. The molecule has 0 amide bonds. The number of hydrogen-bond donors (Lipinski definition) is 1. The monoisotopic (exact) mass is 649 g/mol. The molecular formula is C24H23Cl2F2N5O6S2. The van der Waals surface area contributed by atoms with Crippen LogP contribution in [0.1, 0.15) is 30.1 Å². The fourth-order valence-electron chi connectivity index (χ4n) is 4.08. The van der Waals surface area contributed by atoms with Crippen LogP contribution in [0.15, 0.2) is 42.1 Å². The number of ether oxygens (including phenoxy) is 3. The lowest BCUT2D eigenvalue weighted by Gasteiger charge is -2.25. The molecular weight excluding hydrogens is 627 g/mol. The molecule has 0 bridgehead atoms. The zero-order valence-electron chi connectivity index (χ0n) is 21.1. The second-order valence-electron chi connectivity index (χ2n) is 9.18. The Hall–Kier alpha value is -2.72. The summed E-state index contributed by atoms with van der Waals surface area (Å²) in [5, 5.41) is 4.69. The summed E-state index contributed by atoms with van der Waals surface area (Å²) >= 11 is 13.8. The molecule has 1 N–H and O–H groups in total. The van der Waals surface area contributed by atoms with E-state index >= 15 is 0 Å². The van der Waals surface area contributed by atoms with Gasteiger partial charge in [-0.1, -0.05) is 29.3 Å². The summed E-state index contributed by atoms with van der Waals surface area (Å²) < 4.78 is 69.6. The summed E-state index contributed by atoms with van der Waals surface area (Å²) in [6.45, 7) is -2.73. The number of rotatable bonds is 12. The first-order chi connectivity index (χ1) is 19.6. The Kier molecular flexibility index (Phi) is 9.18. The van der Waals surface area contributed by atoms with Crippen LogP contribution in [-0.2, 0) is 26.0 Å². The molecule has 41 heavy (non-hydrogen) atoms. The number of nitrogens with zero attached hydrogens (tertiary/aromatic N) is 4. The van der Waals surface area contributed by atoms with Gasteiger partial charge in [-0.2, -0.15) is 18.2 Å². The molecule has 1 saturated carbocycles. The number of alkyl halides is 2. The van der Waals surface area contributed by atoms with E-state index in [9.17, 15) is 22.0 Å². The Morgan fingerprint density at radius 2 is 1.95 bits per heavy atom. The minimum atomic E-state index is -4.17. The van der Waals surface area contributed by atoms with Crippen molar-refractivity contribution in [2.45, 2.75) is 42.5 Å². The molecule has 220 valence electrons. The van der Waals surface area contributed by atoms with Crippen molar-refractivity contribution in [1.82, 2.24) is 24.5 Å². The van der Waals surface area contributed by atoms with Gasteiger partial charge in [0, 0.05) is 31.1 Å². The van der Waals surface area contributed by atoms with Crippen molar-refractivity contribution >= 4 is 51.0 Å². The molecule has 0 spiro atoms. The Labute approximate surface area is 247 Å². The molecule has 1 aliphatic carbocycles. The summed E-state index contributed by atoms with van der Waals surface area (Å²) in [4.78, 5) is 21.2. The van der Waals surface area contributed by atoms with Gasteiger partial charge in [-0.3, -0.25) is 4.98 Å². The van der Waals surface area contributed by atoms with Crippen molar-refractivity contribution in [2.24, 2.45) is 5.92 Å². The highest BCUT2D eigenvalue weighted by Crippen LogP contribution is 2.39. The van der Waals surface area contributed by atoms with Crippen LogP contribution < -0.4 is 9.47 Å². The van der Waals surface area contributed by atoms with E-state index in [1.165, 1.54) is 30.6 Å². The zero-order valence-corrected chi connectivity index (χ0v) is 24.2. The lowest BCUT2D eigenvalue weighted by Crippen LogP contribution is -2.41. The highest BCUT2D eigenvalue weighted by Gasteiger charge is 2.43. The van der Waals surface area contributed by atoms with Crippen LogP contribution in [0.25, 0.3) is 0 Å². The van der Waals surface area contributed by atoms with E-state index in [0.29, 0.717) is 29.4 Å². The molecule has 1 aliphatic heterocycles. The van der Waals surface area contributed by atoms with E-state index in [2.05, 4.69) is 24.9 Å². The van der Waals surface area contributed by atoms with Crippen LogP contribution in [0, 0.1) is 5.92 Å². The molecule has 2 aromatic heterocycles. The first kappa shape index (κ1) is 29.8. The minimum Gasteiger partial charge on any atom is -0.489 e. The Balaban J connectivity index is 1.46. The van der Waals surface area contributed by atoms with Gasteiger partial charge in [0.25, 0.3) is 15.2 Å². The number of carbonyl (C=O) groups excluding carboxylic acids is 1. The van der Waals surface area contributed by atoms with Crippen LogP contribution in [0.3, 0.4) is 0 Å². The molecule has 2 fully saturated rings. The average molecular weight is 651 g/mol. The number of benzene rings is 1. The summed E-state index contributed by atoms with van der Waals surface area (Å²) in [5.41, 5.74) is 0.780. The van der Waals surface area contributed by atoms with Crippen LogP contribution in [0.4, 0.5) is 8.78 Å². The Morgan fingerprint density at radius 3 is 2.61 bits per heavy atom. The van der Waals surface area contributed by atoms with Crippen molar-refractivity contribution in [2.75, 3.05) is 18.9 Å². The Morgan fingerprint density at radius 1 is 1.20 bits per heavy atom. The van der Waals surface area contributed by atoms with E-state index in [0.717, 1.165) is 35.2 Å². The number of thioether (sulfide) groups is 1. The molecule has 1 saturated heterocycles. The third-order valence-electron chi connectivity index (χ3n) is 6.32. The smallest absolute Gasteiger partial charge is 0.387 e. The fraction of sp³-hybridized carbons (Fsp3) is 0.417. The molecule has 3 aromatic rings. The number of aromatic amines is 1. The van der Waals surface area contributed by atoms with Crippen molar-refractivity contribution in [1.29, 1.82) is 0 Å². The molecule has 2 atom stereocenters. The van der Waals surface area contributed by atoms with Crippen LogP contribution in [0.5, 0.6) is 11.5 Å². The molecule has 3 heterocycles. The highest BCUT2D eigenvalue weighted by atomic mass is 35.5. The van der Waals surface area contributed by atoms with Gasteiger partial charge in [0.1, 0.15) is 12.4 Å². The average Bonchev–Trinajstić information content (AvgIpc) is 3.36. The maximum atomic E-state index is 13.5.